The number of amides is 1. The van der Waals surface area contributed by atoms with Crippen molar-refractivity contribution in [3.8, 4) is 0 Å². The number of sulfonamides is 1. The zero-order valence-electron chi connectivity index (χ0n) is 18.2. The van der Waals surface area contributed by atoms with E-state index in [4.69, 9.17) is 4.74 Å². The molecule has 0 atom stereocenters. The van der Waals surface area contributed by atoms with Gasteiger partial charge in [0.05, 0.1) is 16.1 Å². The van der Waals surface area contributed by atoms with Gasteiger partial charge in [-0.15, -0.1) is 0 Å². The number of likely N-dealkylation sites (tertiary alicyclic amines) is 1. The highest BCUT2D eigenvalue weighted by Gasteiger charge is 2.29. The van der Waals surface area contributed by atoms with Crippen LogP contribution in [-0.4, -0.2) is 51.4 Å². The Morgan fingerprint density at radius 2 is 1.69 bits per heavy atom. The number of ether oxygens (including phenoxy) is 1. The number of para-hydroxylation sites is 1. The molecule has 32 heavy (non-hydrogen) atoms. The van der Waals surface area contributed by atoms with Crippen molar-refractivity contribution in [2.75, 3.05) is 30.5 Å². The minimum atomic E-state index is -3.74. The molecule has 4 rings (SSSR count). The average molecular weight is 457 g/mol. The van der Waals surface area contributed by atoms with Gasteiger partial charge in [-0.05, 0) is 67.5 Å². The number of benzene rings is 2. The molecule has 2 heterocycles. The van der Waals surface area contributed by atoms with Crippen LogP contribution in [0.25, 0.3) is 0 Å². The molecule has 0 N–H and O–H groups in total. The summed E-state index contributed by atoms with van der Waals surface area (Å²) in [6, 6.07) is 13.2. The predicted molar refractivity (Wildman–Crippen MR) is 121 cm³/mol. The molecule has 0 aliphatic carbocycles. The molecule has 0 unspecified atom stereocenters. The lowest BCUT2D eigenvalue weighted by atomic mass is 9.99. The normalized spacial score (nSPS) is 17.0. The van der Waals surface area contributed by atoms with Gasteiger partial charge in [-0.1, -0.05) is 25.1 Å². The monoisotopic (exact) mass is 456 g/mol. The third-order valence-electron chi connectivity index (χ3n) is 6.21. The van der Waals surface area contributed by atoms with Gasteiger partial charge in [0.15, 0.2) is 6.61 Å². The maximum atomic E-state index is 13.2. The number of aryl methyl sites for hydroxylation is 1. The molecule has 0 aromatic heterocycles. The van der Waals surface area contributed by atoms with E-state index in [1.165, 1.54) is 28.6 Å². The van der Waals surface area contributed by atoms with E-state index in [1.807, 2.05) is 24.3 Å². The number of piperidine rings is 1. The number of hydrogen-bond donors (Lipinski definition) is 0. The highest BCUT2D eigenvalue weighted by Crippen LogP contribution is 2.31. The van der Waals surface area contributed by atoms with Crippen LogP contribution >= 0.6 is 0 Å². The summed E-state index contributed by atoms with van der Waals surface area (Å²) in [5.74, 6) is -0.237. The molecule has 0 spiro atoms. The largest absolute Gasteiger partial charge is 0.452 e. The Balaban J connectivity index is 1.40. The van der Waals surface area contributed by atoms with Crippen LogP contribution in [0.3, 0.4) is 0 Å². The lowest BCUT2D eigenvalue weighted by molar-refractivity contribution is -0.135. The molecule has 0 bridgehead atoms. The van der Waals surface area contributed by atoms with Gasteiger partial charge in [-0.3, -0.25) is 9.10 Å². The Morgan fingerprint density at radius 3 is 2.41 bits per heavy atom. The first-order valence-corrected chi connectivity index (χ1v) is 12.5. The Morgan fingerprint density at radius 1 is 1.00 bits per heavy atom. The lowest BCUT2D eigenvalue weighted by Crippen LogP contribution is -2.40. The van der Waals surface area contributed by atoms with Crippen LogP contribution in [0.2, 0.25) is 0 Å². The minimum absolute atomic E-state index is 0.115. The van der Waals surface area contributed by atoms with Crippen molar-refractivity contribution in [1.82, 2.24) is 4.90 Å². The summed E-state index contributed by atoms with van der Waals surface area (Å²) in [5, 5.41) is 0. The molecule has 0 saturated carbocycles. The van der Waals surface area contributed by atoms with Crippen LogP contribution in [-0.2, 0) is 26.0 Å². The Hall–Kier alpha value is -2.87. The van der Waals surface area contributed by atoms with Crippen molar-refractivity contribution in [2.24, 2.45) is 5.92 Å². The van der Waals surface area contributed by atoms with Crippen LogP contribution in [0.1, 0.15) is 42.1 Å². The van der Waals surface area contributed by atoms with E-state index in [0.29, 0.717) is 31.2 Å². The molecule has 7 nitrogen and oxygen atoms in total. The maximum absolute atomic E-state index is 13.2. The minimum Gasteiger partial charge on any atom is -0.452 e. The summed E-state index contributed by atoms with van der Waals surface area (Å²) in [5.41, 5.74) is 1.92. The van der Waals surface area contributed by atoms with E-state index in [0.717, 1.165) is 31.2 Å². The molecule has 2 aliphatic rings. The number of anilines is 1. The molecule has 1 fully saturated rings. The molecule has 1 saturated heterocycles. The molecular formula is C24H28N2O5S. The van der Waals surface area contributed by atoms with Gasteiger partial charge < -0.3 is 9.64 Å². The fourth-order valence-electron chi connectivity index (χ4n) is 4.20. The number of esters is 1. The molecule has 2 aromatic carbocycles. The number of rotatable bonds is 5. The van der Waals surface area contributed by atoms with Crippen LogP contribution in [0, 0.1) is 5.92 Å². The summed E-state index contributed by atoms with van der Waals surface area (Å²) in [4.78, 5) is 26.5. The fourth-order valence-corrected chi connectivity index (χ4v) is 5.74. The fraction of sp³-hybridized carbons (Fsp3) is 0.417. The summed E-state index contributed by atoms with van der Waals surface area (Å²) in [6.45, 7) is 3.64. The highest BCUT2D eigenvalue weighted by molar-refractivity contribution is 7.92. The van der Waals surface area contributed by atoms with Crippen LogP contribution in [0.15, 0.2) is 53.4 Å². The number of nitrogens with zero attached hydrogens (tertiary/aromatic N) is 2. The first-order valence-electron chi connectivity index (χ1n) is 11.0. The zero-order valence-corrected chi connectivity index (χ0v) is 19.0. The summed E-state index contributed by atoms with van der Waals surface area (Å²) < 4.78 is 33.0. The summed E-state index contributed by atoms with van der Waals surface area (Å²) in [7, 11) is -3.74. The second kappa shape index (κ2) is 9.32. The zero-order chi connectivity index (χ0) is 22.7. The van der Waals surface area contributed by atoms with Crippen LogP contribution < -0.4 is 4.31 Å². The summed E-state index contributed by atoms with van der Waals surface area (Å²) in [6.07, 6.45) is 3.51. The molecular weight excluding hydrogens is 428 g/mol. The molecule has 170 valence electrons. The standard InChI is InChI=1S/C24H28N2O5S/c1-18-12-15-25(16-13-18)23(27)17-31-24(28)20-8-10-21(11-9-20)32(29,30)26-14-4-6-19-5-2-3-7-22(19)26/h2-3,5,7-11,18H,4,6,12-17H2,1H3. The quantitative estimate of drug-likeness (QED) is 0.645. The van der Waals surface area contributed by atoms with E-state index in [-0.39, 0.29) is 23.0 Å². The van der Waals surface area contributed by atoms with E-state index in [9.17, 15) is 18.0 Å². The van der Waals surface area contributed by atoms with Crippen molar-refractivity contribution < 1.29 is 22.7 Å². The highest BCUT2D eigenvalue weighted by atomic mass is 32.2. The maximum Gasteiger partial charge on any atom is 0.338 e. The first kappa shape index (κ1) is 22.3. The summed E-state index contributed by atoms with van der Waals surface area (Å²) >= 11 is 0. The topological polar surface area (TPSA) is 84.0 Å². The molecule has 2 aromatic rings. The molecule has 1 amide bonds. The van der Waals surface area contributed by atoms with Crippen molar-refractivity contribution in [1.29, 1.82) is 0 Å². The van der Waals surface area contributed by atoms with Crippen LogP contribution in [0.4, 0.5) is 5.69 Å². The number of hydrogen-bond acceptors (Lipinski definition) is 5. The SMILES string of the molecule is CC1CCN(C(=O)COC(=O)c2ccc(S(=O)(=O)N3CCCc4ccccc43)cc2)CC1. The number of fused-ring (bicyclic) bond motifs is 1. The van der Waals surface area contributed by atoms with Crippen molar-refractivity contribution in [2.45, 2.75) is 37.5 Å². The predicted octanol–water partition coefficient (Wildman–Crippen LogP) is 3.24. The van der Waals surface area contributed by atoms with E-state index < -0.39 is 16.0 Å². The lowest BCUT2D eigenvalue weighted by Gasteiger charge is -2.30. The van der Waals surface area contributed by atoms with Crippen molar-refractivity contribution in [3.05, 3.63) is 59.7 Å². The molecule has 2 aliphatic heterocycles. The van der Waals surface area contributed by atoms with Gasteiger partial charge in [-0.25, -0.2) is 13.2 Å². The Bertz CT molecular complexity index is 1090. The van der Waals surface area contributed by atoms with Gasteiger partial charge >= 0.3 is 5.97 Å². The third-order valence-corrected chi connectivity index (χ3v) is 8.04. The number of carbonyl (C=O) groups is 2. The van der Waals surface area contributed by atoms with E-state index in [1.54, 1.807) is 4.90 Å². The second-order valence-corrected chi connectivity index (χ2v) is 10.3. The van der Waals surface area contributed by atoms with E-state index >= 15 is 0 Å². The van der Waals surface area contributed by atoms with Gasteiger partial charge in [0.2, 0.25) is 0 Å². The average Bonchev–Trinajstić information content (AvgIpc) is 2.82. The van der Waals surface area contributed by atoms with Gasteiger partial charge in [0, 0.05) is 19.6 Å². The van der Waals surface area contributed by atoms with Crippen molar-refractivity contribution in [3.63, 3.8) is 0 Å². The first-order chi connectivity index (χ1) is 15.4. The Kier molecular flexibility index (Phi) is 6.50. The van der Waals surface area contributed by atoms with Gasteiger partial charge in [-0.2, -0.15) is 0 Å². The van der Waals surface area contributed by atoms with Crippen LogP contribution in [0.5, 0.6) is 0 Å². The smallest absolute Gasteiger partial charge is 0.338 e. The van der Waals surface area contributed by atoms with Gasteiger partial charge in [0.1, 0.15) is 0 Å². The van der Waals surface area contributed by atoms with Gasteiger partial charge in [0.25, 0.3) is 15.9 Å². The van der Waals surface area contributed by atoms with Crippen molar-refractivity contribution >= 4 is 27.6 Å². The second-order valence-electron chi connectivity index (χ2n) is 8.47. The van der Waals surface area contributed by atoms with E-state index in [2.05, 4.69) is 6.92 Å². The number of carbonyl (C=O) groups excluding carboxylic acids is 2. The molecule has 0 radical (unpaired) electrons. The third kappa shape index (κ3) is 4.65. The molecule has 8 heteroatoms. The Labute approximate surface area is 189 Å².